The Bertz CT molecular complexity index is 477. The van der Waals surface area contributed by atoms with Gasteiger partial charge in [0.15, 0.2) is 11.5 Å². The number of aryl methyl sites for hydroxylation is 2. The fourth-order valence-electron chi connectivity index (χ4n) is 1.35. The molecule has 2 aromatic rings. The zero-order valence-electron chi connectivity index (χ0n) is 11.1. The molecule has 0 atom stereocenters. The highest BCUT2D eigenvalue weighted by atomic mass is 31.2. The summed E-state index contributed by atoms with van der Waals surface area (Å²) in [6.07, 6.45) is 0. The van der Waals surface area contributed by atoms with Gasteiger partial charge in [0.1, 0.15) is 0 Å². The predicted octanol–water partition coefficient (Wildman–Crippen LogP) is 3.84. The summed E-state index contributed by atoms with van der Waals surface area (Å²) in [5, 5.41) is 0. The van der Waals surface area contributed by atoms with Gasteiger partial charge in [0.05, 0.1) is 0 Å². The van der Waals surface area contributed by atoms with Gasteiger partial charge in [-0.15, -0.1) is 9.35 Å². The predicted molar refractivity (Wildman–Crippen MR) is 74.9 cm³/mol. The van der Waals surface area contributed by atoms with Crippen LogP contribution >= 0.6 is 8.60 Å². The van der Waals surface area contributed by atoms with Crippen molar-refractivity contribution in [3.05, 3.63) is 59.7 Å². The van der Waals surface area contributed by atoms with Gasteiger partial charge in [-0.3, -0.25) is 0 Å². The van der Waals surface area contributed by atoms with Crippen LogP contribution in [0.1, 0.15) is 11.1 Å². The first kappa shape index (κ1) is 14.8. The fraction of sp³-hybridized carbons (Fsp3) is 0.143. The van der Waals surface area contributed by atoms with Crippen molar-refractivity contribution >= 4 is 8.60 Å². The zero-order chi connectivity index (χ0) is 14.4. The monoisotopic (exact) mass is 294 g/mol. The van der Waals surface area contributed by atoms with Crippen LogP contribution < -0.4 is 9.78 Å². The van der Waals surface area contributed by atoms with E-state index >= 15 is 0 Å². The second-order valence-corrected chi connectivity index (χ2v) is 4.95. The molecule has 0 spiro atoms. The Morgan fingerprint density at radius 3 is 1.40 bits per heavy atom. The van der Waals surface area contributed by atoms with Gasteiger partial charge in [-0.2, -0.15) is 0 Å². The van der Waals surface area contributed by atoms with Gasteiger partial charge in [0.25, 0.3) is 0 Å². The molecule has 106 valence electrons. The second-order valence-electron chi connectivity index (χ2n) is 4.18. The van der Waals surface area contributed by atoms with Crippen LogP contribution in [0.4, 0.5) is 0 Å². The minimum atomic E-state index is -2.29. The van der Waals surface area contributed by atoms with E-state index in [1.54, 1.807) is 24.3 Å². The maximum Gasteiger partial charge on any atom is 0.414 e. The first-order chi connectivity index (χ1) is 9.63. The first-order valence-electron chi connectivity index (χ1n) is 5.95. The summed E-state index contributed by atoms with van der Waals surface area (Å²) in [6.45, 7) is 3.92. The minimum Gasteiger partial charge on any atom is -0.329 e. The highest BCUT2D eigenvalue weighted by Crippen LogP contribution is 2.34. The van der Waals surface area contributed by atoms with Crippen molar-refractivity contribution < 1.29 is 24.0 Å². The highest BCUT2D eigenvalue weighted by molar-refractivity contribution is 7.40. The van der Waals surface area contributed by atoms with Crippen LogP contribution in [-0.2, 0) is 9.35 Å². The maximum absolute atomic E-state index is 9.45. The van der Waals surface area contributed by atoms with E-state index in [0.717, 1.165) is 11.1 Å². The molecule has 6 heteroatoms. The van der Waals surface area contributed by atoms with Gasteiger partial charge < -0.3 is 14.7 Å². The van der Waals surface area contributed by atoms with Crippen LogP contribution in [-0.4, -0.2) is 4.89 Å². The van der Waals surface area contributed by atoms with E-state index in [4.69, 9.17) is 9.78 Å². The normalized spacial score (nSPS) is 10.6. The van der Waals surface area contributed by atoms with Crippen molar-refractivity contribution in [2.45, 2.75) is 13.8 Å². The number of hydrogen-bond donors (Lipinski definition) is 1. The van der Waals surface area contributed by atoms with Gasteiger partial charge in [0.2, 0.25) is 0 Å². The second kappa shape index (κ2) is 7.22. The Balaban J connectivity index is 1.73. The molecule has 2 aromatic carbocycles. The highest BCUT2D eigenvalue weighted by Gasteiger charge is 2.12. The standard InChI is InChI=1S/C14H15O5P/c1-11-3-7-13(8-4-11)16-18-20(15)19-17-14-9-5-12(2)6-10-14/h3-10,15H,1-2H3. The molecule has 0 heterocycles. The molecular formula is C14H15O5P. The SMILES string of the molecule is Cc1ccc(OOP(O)OOc2ccc(C)cc2)cc1. The van der Waals surface area contributed by atoms with Gasteiger partial charge in [-0.25, -0.2) is 0 Å². The van der Waals surface area contributed by atoms with Crippen molar-refractivity contribution in [3.8, 4) is 11.5 Å². The van der Waals surface area contributed by atoms with Crippen molar-refractivity contribution in [2.24, 2.45) is 0 Å². The van der Waals surface area contributed by atoms with E-state index < -0.39 is 8.60 Å². The fourth-order valence-corrected chi connectivity index (χ4v) is 1.67. The van der Waals surface area contributed by atoms with E-state index in [0.29, 0.717) is 11.5 Å². The lowest BCUT2D eigenvalue weighted by Crippen LogP contribution is -1.98. The van der Waals surface area contributed by atoms with Gasteiger partial charge in [-0.05, 0) is 38.1 Å². The smallest absolute Gasteiger partial charge is 0.329 e. The molecule has 2 rings (SSSR count). The molecule has 20 heavy (non-hydrogen) atoms. The lowest BCUT2D eigenvalue weighted by Gasteiger charge is -2.09. The van der Waals surface area contributed by atoms with Gasteiger partial charge >= 0.3 is 8.60 Å². The Hall–Kier alpha value is -1.65. The summed E-state index contributed by atoms with van der Waals surface area (Å²) in [5.74, 6) is 0.937. The summed E-state index contributed by atoms with van der Waals surface area (Å²) in [6, 6.07) is 14.3. The summed E-state index contributed by atoms with van der Waals surface area (Å²) in [7, 11) is -2.29. The third-order valence-corrected chi connectivity index (χ3v) is 2.84. The van der Waals surface area contributed by atoms with Crippen molar-refractivity contribution in [1.29, 1.82) is 0 Å². The molecule has 0 saturated heterocycles. The maximum atomic E-state index is 9.45. The Kier molecular flexibility index (Phi) is 5.32. The number of hydrogen-bond acceptors (Lipinski definition) is 5. The average Bonchev–Trinajstić information content (AvgIpc) is 2.46. The largest absolute Gasteiger partial charge is 0.414 e. The molecular weight excluding hydrogens is 279 g/mol. The van der Waals surface area contributed by atoms with Crippen LogP contribution in [0.3, 0.4) is 0 Å². The van der Waals surface area contributed by atoms with Crippen molar-refractivity contribution in [2.75, 3.05) is 0 Å². The van der Waals surface area contributed by atoms with Gasteiger partial charge in [0, 0.05) is 0 Å². The van der Waals surface area contributed by atoms with Crippen LogP contribution in [0.25, 0.3) is 0 Å². The third-order valence-electron chi connectivity index (χ3n) is 2.44. The third kappa shape index (κ3) is 4.79. The van der Waals surface area contributed by atoms with Crippen molar-refractivity contribution in [1.82, 2.24) is 0 Å². The van der Waals surface area contributed by atoms with Crippen LogP contribution in [0.5, 0.6) is 11.5 Å². The first-order valence-corrected chi connectivity index (χ1v) is 7.08. The average molecular weight is 294 g/mol. The van der Waals surface area contributed by atoms with Gasteiger partial charge in [-0.1, -0.05) is 35.4 Å². The lowest BCUT2D eigenvalue weighted by molar-refractivity contribution is -0.171. The number of rotatable bonds is 6. The molecule has 0 unspecified atom stereocenters. The van der Waals surface area contributed by atoms with Crippen LogP contribution in [0.15, 0.2) is 48.5 Å². The van der Waals surface area contributed by atoms with Crippen LogP contribution in [0, 0.1) is 13.8 Å². The Morgan fingerprint density at radius 2 is 1.05 bits per heavy atom. The van der Waals surface area contributed by atoms with Crippen LogP contribution in [0.2, 0.25) is 0 Å². The van der Waals surface area contributed by atoms with Crippen molar-refractivity contribution in [3.63, 3.8) is 0 Å². The molecule has 0 fully saturated rings. The zero-order valence-corrected chi connectivity index (χ0v) is 12.0. The van der Waals surface area contributed by atoms with E-state index in [1.807, 2.05) is 38.1 Å². The number of benzene rings is 2. The summed E-state index contributed by atoms with van der Waals surface area (Å²) in [4.78, 5) is 19.3. The Morgan fingerprint density at radius 1 is 0.700 bits per heavy atom. The molecule has 0 bridgehead atoms. The molecule has 0 amide bonds. The topological polar surface area (TPSA) is 57.2 Å². The molecule has 0 aromatic heterocycles. The molecule has 5 nitrogen and oxygen atoms in total. The molecule has 0 radical (unpaired) electrons. The molecule has 0 saturated carbocycles. The molecule has 0 aliphatic rings. The summed E-state index contributed by atoms with van der Waals surface area (Å²) in [5.41, 5.74) is 2.20. The van der Waals surface area contributed by atoms with E-state index in [9.17, 15) is 4.89 Å². The Labute approximate surface area is 118 Å². The van der Waals surface area contributed by atoms with E-state index in [2.05, 4.69) is 9.35 Å². The quantitative estimate of drug-likeness (QED) is 0.498. The van der Waals surface area contributed by atoms with E-state index in [1.165, 1.54) is 0 Å². The molecule has 0 aliphatic heterocycles. The molecule has 1 N–H and O–H groups in total. The summed E-state index contributed by atoms with van der Waals surface area (Å²) < 4.78 is 9.37. The molecule has 0 aliphatic carbocycles. The lowest BCUT2D eigenvalue weighted by atomic mass is 10.2. The summed E-state index contributed by atoms with van der Waals surface area (Å²) >= 11 is 0. The van der Waals surface area contributed by atoms with E-state index in [-0.39, 0.29) is 0 Å². The minimum absolute atomic E-state index is 0.469.